The molecule has 3 rings (SSSR count). The van der Waals surface area contributed by atoms with Crippen molar-refractivity contribution in [3.05, 3.63) is 70.9 Å². The predicted octanol–water partition coefficient (Wildman–Crippen LogP) is 2.22. The summed E-state index contributed by atoms with van der Waals surface area (Å²) in [5.74, 6) is -1.42. The summed E-state index contributed by atoms with van der Waals surface area (Å²) in [7, 11) is 0. The molecule has 0 bridgehead atoms. The van der Waals surface area contributed by atoms with Crippen molar-refractivity contribution in [3.63, 3.8) is 0 Å². The van der Waals surface area contributed by atoms with Crippen molar-refractivity contribution in [2.75, 3.05) is 18.5 Å². The van der Waals surface area contributed by atoms with E-state index in [1.807, 2.05) is 0 Å². The molecule has 2 amide bonds. The number of β-amino-alcohol motifs (C(OH)–C–C–N with tert-alkyl or cyclic N) is 1. The fourth-order valence-corrected chi connectivity index (χ4v) is 2.62. The zero-order valence-corrected chi connectivity index (χ0v) is 14.8. The van der Waals surface area contributed by atoms with Crippen LogP contribution < -0.4 is 10.1 Å². The third-order valence-electron chi connectivity index (χ3n) is 3.77. The number of ether oxygens (including phenoxy) is 1. The van der Waals surface area contributed by atoms with Gasteiger partial charge in [-0.3, -0.25) is 14.5 Å². The average molecular weight is 387 g/mol. The minimum absolute atomic E-state index is 0.0141. The van der Waals surface area contributed by atoms with Crippen molar-refractivity contribution in [2.24, 2.45) is 0 Å². The lowest BCUT2D eigenvalue weighted by Crippen LogP contribution is -2.34. The molecule has 7 nitrogen and oxygen atoms in total. The van der Waals surface area contributed by atoms with Crippen LogP contribution in [0.1, 0.15) is 10.4 Å². The molecule has 1 aliphatic heterocycles. The van der Waals surface area contributed by atoms with Gasteiger partial charge in [-0.2, -0.15) is 0 Å². The first-order chi connectivity index (χ1) is 13.0. The summed E-state index contributed by atoms with van der Waals surface area (Å²) < 4.78 is 5.32. The Kier molecular flexibility index (Phi) is 5.54. The highest BCUT2D eigenvalue weighted by Crippen LogP contribution is 2.23. The summed E-state index contributed by atoms with van der Waals surface area (Å²) in [6, 6.07) is 12.8. The number of esters is 1. The zero-order valence-electron chi connectivity index (χ0n) is 14.0. The summed E-state index contributed by atoms with van der Waals surface area (Å²) in [5.41, 5.74) is 0.518. The topological polar surface area (TPSA) is 95.9 Å². The van der Waals surface area contributed by atoms with E-state index in [2.05, 4.69) is 5.32 Å². The van der Waals surface area contributed by atoms with E-state index >= 15 is 0 Å². The first-order valence-electron chi connectivity index (χ1n) is 8.02. The van der Waals surface area contributed by atoms with Crippen LogP contribution in [0.5, 0.6) is 5.75 Å². The molecule has 0 atom stereocenters. The molecule has 0 fully saturated rings. The van der Waals surface area contributed by atoms with Crippen molar-refractivity contribution in [3.8, 4) is 5.75 Å². The Morgan fingerprint density at radius 2 is 1.81 bits per heavy atom. The summed E-state index contributed by atoms with van der Waals surface area (Å²) in [5, 5.41) is 12.3. The molecule has 27 heavy (non-hydrogen) atoms. The molecule has 1 heterocycles. The van der Waals surface area contributed by atoms with Crippen LogP contribution in [0.25, 0.3) is 0 Å². The molecule has 8 heteroatoms. The SMILES string of the molecule is O=C(Oc1ccc(Cl)cc1)c1ccccc1NC1=CC(=O)N(CCO)C1=O. The van der Waals surface area contributed by atoms with Gasteiger partial charge >= 0.3 is 5.97 Å². The molecule has 2 N–H and O–H groups in total. The van der Waals surface area contributed by atoms with Crippen LogP contribution in [-0.4, -0.2) is 40.9 Å². The number of aliphatic hydroxyl groups is 1. The van der Waals surface area contributed by atoms with E-state index in [1.54, 1.807) is 42.5 Å². The van der Waals surface area contributed by atoms with Gasteiger partial charge in [0.1, 0.15) is 11.4 Å². The van der Waals surface area contributed by atoms with Gasteiger partial charge in [-0.1, -0.05) is 23.7 Å². The molecule has 1 aliphatic rings. The number of para-hydroxylation sites is 1. The first-order valence-corrected chi connectivity index (χ1v) is 8.39. The zero-order chi connectivity index (χ0) is 19.4. The van der Waals surface area contributed by atoms with Gasteiger partial charge in [0.25, 0.3) is 11.8 Å². The highest BCUT2D eigenvalue weighted by molar-refractivity contribution is 6.30. The van der Waals surface area contributed by atoms with E-state index in [1.165, 1.54) is 6.07 Å². The molecule has 0 aromatic heterocycles. The molecular formula is C19H15ClN2O5. The molecule has 0 unspecified atom stereocenters. The molecule has 0 saturated heterocycles. The average Bonchev–Trinajstić information content (AvgIpc) is 2.92. The van der Waals surface area contributed by atoms with Crippen molar-refractivity contribution < 1.29 is 24.2 Å². The van der Waals surface area contributed by atoms with Crippen LogP contribution in [0, 0.1) is 0 Å². The van der Waals surface area contributed by atoms with E-state index < -0.39 is 17.8 Å². The molecule has 138 valence electrons. The lowest BCUT2D eigenvalue weighted by molar-refractivity contribution is -0.137. The fourth-order valence-electron chi connectivity index (χ4n) is 2.49. The number of benzene rings is 2. The third kappa shape index (κ3) is 4.16. The van der Waals surface area contributed by atoms with Gasteiger partial charge in [0.2, 0.25) is 0 Å². The quantitative estimate of drug-likeness (QED) is 0.449. The van der Waals surface area contributed by atoms with Crippen molar-refractivity contribution in [1.82, 2.24) is 4.90 Å². The van der Waals surface area contributed by atoms with Gasteiger partial charge in [0.15, 0.2) is 0 Å². The fraction of sp³-hybridized carbons (Fsp3) is 0.105. The monoisotopic (exact) mass is 386 g/mol. The number of amides is 2. The number of nitrogens with zero attached hydrogens (tertiary/aromatic N) is 1. The second-order valence-corrected chi connectivity index (χ2v) is 6.03. The van der Waals surface area contributed by atoms with Crippen molar-refractivity contribution in [1.29, 1.82) is 0 Å². The molecule has 2 aromatic rings. The number of anilines is 1. The van der Waals surface area contributed by atoms with Gasteiger partial charge in [-0.25, -0.2) is 4.79 Å². The number of carbonyl (C=O) groups excluding carboxylic acids is 3. The van der Waals surface area contributed by atoms with Gasteiger partial charge in [0, 0.05) is 11.1 Å². The van der Waals surface area contributed by atoms with Crippen LogP contribution in [0.4, 0.5) is 5.69 Å². The Bertz CT molecular complexity index is 924. The number of rotatable bonds is 6. The maximum Gasteiger partial charge on any atom is 0.345 e. The number of hydrogen-bond donors (Lipinski definition) is 2. The number of carbonyl (C=O) groups is 3. The lowest BCUT2D eigenvalue weighted by Gasteiger charge is -2.14. The van der Waals surface area contributed by atoms with Gasteiger partial charge in [0.05, 0.1) is 24.4 Å². The van der Waals surface area contributed by atoms with Crippen LogP contribution in [-0.2, 0) is 9.59 Å². The number of hydrogen-bond acceptors (Lipinski definition) is 6. The summed E-state index contributed by atoms with van der Waals surface area (Å²) in [4.78, 5) is 37.5. The summed E-state index contributed by atoms with van der Waals surface area (Å²) in [6.07, 6.45) is 1.12. The predicted molar refractivity (Wildman–Crippen MR) is 98.4 cm³/mol. The Hall–Kier alpha value is -3.16. The number of imide groups is 1. The van der Waals surface area contributed by atoms with Crippen molar-refractivity contribution >= 4 is 35.1 Å². The van der Waals surface area contributed by atoms with E-state index in [0.29, 0.717) is 16.5 Å². The Balaban J connectivity index is 1.79. The van der Waals surface area contributed by atoms with Crippen LogP contribution >= 0.6 is 11.6 Å². The molecule has 0 saturated carbocycles. The summed E-state index contributed by atoms with van der Waals surface area (Å²) >= 11 is 5.81. The molecule has 2 aromatic carbocycles. The Morgan fingerprint density at radius 1 is 1.11 bits per heavy atom. The maximum absolute atomic E-state index is 12.5. The minimum atomic E-state index is -0.634. The highest BCUT2D eigenvalue weighted by atomic mass is 35.5. The normalized spacial score (nSPS) is 13.6. The van der Waals surface area contributed by atoms with E-state index in [0.717, 1.165) is 11.0 Å². The van der Waals surface area contributed by atoms with Gasteiger partial charge in [-0.05, 0) is 36.4 Å². The van der Waals surface area contributed by atoms with Crippen LogP contribution in [0.15, 0.2) is 60.3 Å². The highest BCUT2D eigenvalue weighted by Gasteiger charge is 2.31. The molecular weight excluding hydrogens is 372 g/mol. The largest absolute Gasteiger partial charge is 0.423 e. The van der Waals surface area contributed by atoms with E-state index in [-0.39, 0.29) is 24.4 Å². The van der Waals surface area contributed by atoms with Crippen LogP contribution in [0.2, 0.25) is 5.02 Å². The Morgan fingerprint density at radius 3 is 2.52 bits per heavy atom. The second kappa shape index (κ2) is 8.03. The van der Waals surface area contributed by atoms with E-state index in [9.17, 15) is 14.4 Å². The van der Waals surface area contributed by atoms with Crippen LogP contribution in [0.3, 0.4) is 0 Å². The molecule has 0 spiro atoms. The molecule has 0 aliphatic carbocycles. The smallest absolute Gasteiger partial charge is 0.345 e. The first kappa shape index (κ1) is 18.6. The second-order valence-electron chi connectivity index (χ2n) is 5.59. The number of aliphatic hydroxyl groups excluding tert-OH is 1. The van der Waals surface area contributed by atoms with E-state index in [4.69, 9.17) is 21.4 Å². The van der Waals surface area contributed by atoms with Gasteiger partial charge in [-0.15, -0.1) is 0 Å². The lowest BCUT2D eigenvalue weighted by atomic mass is 10.1. The third-order valence-corrected chi connectivity index (χ3v) is 4.03. The summed E-state index contributed by atoms with van der Waals surface area (Å²) in [6.45, 7) is -0.428. The number of nitrogens with one attached hydrogen (secondary N) is 1. The minimum Gasteiger partial charge on any atom is -0.423 e. The van der Waals surface area contributed by atoms with Crippen molar-refractivity contribution in [2.45, 2.75) is 0 Å². The maximum atomic E-state index is 12.5. The standard InChI is InChI=1S/C19H15ClN2O5/c20-12-5-7-13(8-6-12)27-19(26)14-3-1-2-4-15(14)21-16-11-17(24)22(9-10-23)18(16)25/h1-8,11,21,23H,9-10H2. The Labute approximate surface area is 159 Å². The number of halogens is 1. The molecule has 0 radical (unpaired) electrons. The van der Waals surface area contributed by atoms with Gasteiger partial charge < -0.3 is 15.2 Å².